The first-order chi connectivity index (χ1) is 16.1. The molecule has 1 atom stereocenters. The van der Waals surface area contributed by atoms with Crippen molar-refractivity contribution in [1.82, 2.24) is 4.90 Å². The van der Waals surface area contributed by atoms with Crippen molar-refractivity contribution in [3.05, 3.63) is 75.8 Å². The fraction of sp³-hybridized carbons (Fsp3) is 0.308. The first-order valence-electron chi connectivity index (χ1n) is 10.8. The van der Waals surface area contributed by atoms with Crippen LogP contribution in [0.4, 0.5) is 0 Å². The van der Waals surface area contributed by atoms with Crippen molar-refractivity contribution in [1.29, 1.82) is 0 Å². The normalized spacial score (nSPS) is 16.9. The van der Waals surface area contributed by atoms with Gasteiger partial charge < -0.3 is 23.7 Å². The molecule has 2 heterocycles. The SMILES string of the molecule is COc1cc2c(cc1OC)[C@H](c1cccc(Cl)c1)N(Cc1cc(OC)c3c(c1)OCO3)CC2. The number of fused-ring (bicyclic) bond motifs is 2. The molecular weight excluding hydrogens is 442 g/mol. The van der Waals surface area contributed by atoms with Gasteiger partial charge in [-0.1, -0.05) is 23.7 Å². The maximum Gasteiger partial charge on any atom is 0.231 e. The van der Waals surface area contributed by atoms with Gasteiger partial charge in [0.25, 0.3) is 0 Å². The number of nitrogens with zero attached hydrogens (tertiary/aromatic N) is 1. The van der Waals surface area contributed by atoms with E-state index >= 15 is 0 Å². The molecule has 0 saturated carbocycles. The third kappa shape index (κ3) is 4.05. The Morgan fingerprint density at radius 2 is 1.73 bits per heavy atom. The Kier molecular flexibility index (Phi) is 5.96. The standard InChI is InChI=1S/C26H26ClNO5/c1-29-21-12-17-7-8-28(14-16-9-23(31-3)26-24(10-16)32-15-33-26)25(20(17)13-22(21)30-2)18-5-4-6-19(27)11-18/h4-6,9-13,25H,7-8,14-15H2,1-3H3/t25-/m0/s1. The maximum atomic E-state index is 6.40. The smallest absolute Gasteiger partial charge is 0.231 e. The van der Waals surface area contributed by atoms with E-state index in [0.29, 0.717) is 28.8 Å². The molecule has 2 aliphatic rings. The van der Waals surface area contributed by atoms with E-state index < -0.39 is 0 Å². The molecular formula is C26H26ClNO5. The van der Waals surface area contributed by atoms with Gasteiger partial charge in [0.15, 0.2) is 23.0 Å². The van der Waals surface area contributed by atoms with Crippen LogP contribution in [0.2, 0.25) is 5.02 Å². The van der Waals surface area contributed by atoms with Crippen LogP contribution in [0.15, 0.2) is 48.5 Å². The molecule has 172 valence electrons. The fourth-order valence-corrected chi connectivity index (χ4v) is 4.94. The van der Waals surface area contributed by atoms with Crippen LogP contribution in [0, 0.1) is 0 Å². The van der Waals surface area contributed by atoms with Crippen molar-refractivity contribution in [2.45, 2.75) is 19.0 Å². The van der Waals surface area contributed by atoms with Crippen LogP contribution in [-0.4, -0.2) is 39.6 Å². The van der Waals surface area contributed by atoms with Gasteiger partial charge in [-0.15, -0.1) is 0 Å². The molecule has 3 aromatic rings. The number of benzene rings is 3. The van der Waals surface area contributed by atoms with Crippen molar-refractivity contribution < 1.29 is 23.7 Å². The van der Waals surface area contributed by atoms with Crippen LogP contribution in [0.3, 0.4) is 0 Å². The summed E-state index contributed by atoms with van der Waals surface area (Å²) in [6.07, 6.45) is 0.897. The van der Waals surface area contributed by atoms with Crippen molar-refractivity contribution in [3.8, 4) is 28.7 Å². The van der Waals surface area contributed by atoms with Crippen molar-refractivity contribution in [3.63, 3.8) is 0 Å². The summed E-state index contributed by atoms with van der Waals surface area (Å²) in [5, 5.41) is 0.713. The van der Waals surface area contributed by atoms with E-state index in [0.717, 1.165) is 35.6 Å². The van der Waals surface area contributed by atoms with Crippen LogP contribution in [0.1, 0.15) is 28.3 Å². The zero-order valence-corrected chi connectivity index (χ0v) is 19.6. The van der Waals surface area contributed by atoms with Gasteiger partial charge in [-0.25, -0.2) is 0 Å². The molecule has 0 unspecified atom stereocenters. The molecule has 0 spiro atoms. The molecule has 0 fully saturated rings. The predicted octanol–water partition coefficient (Wildman–Crippen LogP) is 5.24. The number of hydrogen-bond acceptors (Lipinski definition) is 6. The molecule has 0 radical (unpaired) electrons. The fourth-order valence-electron chi connectivity index (χ4n) is 4.74. The highest BCUT2D eigenvalue weighted by molar-refractivity contribution is 6.30. The lowest BCUT2D eigenvalue weighted by molar-refractivity contribution is 0.171. The van der Waals surface area contributed by atoms with E-state index in [-0.39, 0.29) is 12.8 Å². The van der Waals surface area contributed by atoms with E-state index in [2.05, 4.69) is 23.1 Å². The van der Waals surface area contributed by atoms with Crippen LogP contribution in [-0.2, 0) is 13.0 Å². The Balaban J connectivity index is 1.58. The van der Waals surface area contributed by atoms with Crippen molar-refractivity contribution >= 4 is 11.6 Å². The summed E-state index contributed by atoms with van der Waals surface area (Å²) in [6.45, 7) is 1.79. The molecule has 6 nitrogen and oxygen atoms in total. The van der Waals surface area contributed by atoms with Gasteiger partial charge in [0.2, 0.25) is 12.5 Å². The van der Waals surface area contributed by atoms with Crippen LogP contribution in [0.25, 0.3) is 0 Å². The number of hydrogen-bond donors (Lipinski definition) is 0. The molecule has 0 aromatic heterocycles. The highest BCUT2D eigenvalue weighted by Crippen LogP contribution is 2.45. The molecule has 33 heavy (non-hydrogen) atoms. The predicted molar refractivity (Wildman–Crippen MR) is 126 cm³/mol. The molecule has 7 heteroatoms. The first kappa shape index (κ1) is 21.7. The summed E-state index contributed by atoms with van der Waals surface area (Å²) in [4.78, 5) is 2.44. The number of rotatable bonds is 6. The Morgan fingerprint density at radius 1 is 0.939 bits per heavy atom. The van der Waals surface area contributed by atoms with E-state index in [1.54, 1.807) is 21.3 Å². The molecule has 5 rings (SSSR count). The van der Waals surface area contributed by atoms with Crippen LogP contribution in [0.5, 0.6) is 28.7 Å². The first-order valence-corrected chi connectivity index (χ1v) is 11.2. The molecule has 0 amide bonds. The minimum Gasteiger partial charge on any atom is -0.493 e. The summed E-state index contributed by atoms with van der Waals surface area (Å²) in [7, 11) is 4.98. The topological polar surface area (TPSA) is 49.4 Å². The Morgan fingerprint density at radius 3 is 2.48 bits per heavy atom. The van der Waals surface area contributed by atoms with Gasteiger partial charge in [0.05, 0.1) is 27.4 Å². The lowest BCUT2D eigenvalue weighted by atomic mass is 9.87. The number of methoxy groups -OCH3 is 3. The summed E-state index contributed by atoms with van der Waals surface area (Å²) < 4.78 is 27.9. The highest BCUT2D eigenvalue weighted by Gasteiger charge is 2.31. The lowest BCUT2D eigenvalue weighted by Crippen LogP contribution is -2.35. The van der Waals surface area contributed by atoms with Crippen molar-refractivity contribution in [2.24, 2.45) is 0 Å². The average molecular weight is 468 g/mol. The van der Waals surface area contributed by atoms with E-state index in [1.165, 1.54) is 11.1 Å². The van der Waals surface area contributed by atoms with E-state index in [4.69, 9.17) is 35.3 Å². The molecule has 3 aromatic carbocycles. The second kappa shape index (κ2) is 9.04. The zero-order valence-electron chi connectivity index (χ0n) is 18.9. The Hall–Kier alpha value is -3.09. The second-order valence-electron chi connectivity index (χ2n) is 8.12. The van der Waals surface area contributed by atoms with Crippen molar-refractivity contribution in [2.75, 3.05) is 34.7 Å². The van der Waals surface area contributed by atoms with Gasteiger partial charge in [-0.3, -0.25) is 4.90 Å². The van der Waals surface area contributed by atoms with Crippen LogP contribution >= 0.6 is 11.6 Å². The van der Waals surface area contributed by atoms with Gasteiger partial charge in [0, 0.05) is 18.1 Å². The maximum absolute atomic E-state index is 6.40. The highest BCUT2D eigenvalue weighted by atomic mass is 35.5. The molecule has 0 saturated heterocycles. The number of ether oxygens (including phenoxy) is 5. The minimum atomic E-state index is 0.00340. The largest absolute Gasteiger partial charge is 0.493 e. The van der Waals surface area contributed by atoms with Gasteiger partial charge in [-0.05, 0) is 65.1 Å². The summed E-state index contributed by atoms with van der Waals surface area (Å²) in [5.74, 6) is 3.52. The summed E-state index contributed by atoms with van der Waals surface area (Å²) in [5.41, 5.74) is 4.65. The van der Waals surface area contributed by atoms with Gasteiger partial charge in [0.1, 0.15) is 0 Å². The summed E-state index contributed by atoms with van der Waals surface area (Å²) in [6, 6.07) is 16.3. The number of halogens is 1. The molecule has 0 N–H and O–H groups in total. The van der Waals surface area contributed by atoms with E-state index in [9.17, 15) is 0 Å². The molecule has 0 bridgehead atoms. The van der Waals surface area contributed by atoms with Gasteiger partial charge in [-0.2, -0.15) is 0 Å². The minimum absolute atomic E-state index is 0.00340. The molecule has 0 aliphatic carbocycles. The average Bonchev–Trinajstić information content (AvgIpc) is 3.31. The lowest BCUT2D eigenvalue weighted by Gasteiger charge is -2.38. The summed E-state index contributed by atoms with van der Waals surface area (Å²) >= 11 is 6.40. The quantitative estimate of drug-likeness (QED) is 0.494. The third-order valence-corrected chi connectivity index (χ3v) is 6.48. The van der Waals surface area contributed by atoms with E-state index in [1.807, 2.05) is 30.3 Å². The Labute approximate surface area is 198 Å². The zero-order chi connectivity index (χ0) is 22.9. The Bertz CT molecular complexity index is 1180. The molecule has 2 aliphatic heterocycles. The van der Waals surface area contributed by atoms with Gasteiger partial charge >= 0.3 is 0 Å². The third-order valence-electron chi connectivity index (χ3n) is 6.24. The van der Waals surface area contributed by atoms with Crippen LogP contribution < -0.4 is 23.7 Å². The monoisotopic (exact) mass is 467 g/mol. The second-order valence-corrected chi connectivity index (χ2v) is 8.55.